The van der Waals surface area contributed by atoms with E-state index in [4.69, 9.17) is 11.6 Å². The lowest BCUT2D eigenvalue weighted by molar-refractivity contribution is 0.413. The molecular weight excluding hydrogens is 274 g/mol. The highest BCUT2D eigenvalue weighted by molar-refractivity contribution is 8.00. The van der Waals surface area contributed by atoms with Gasteiger partial charge in [0.05, 0.1) is 10.0 Å². The van der Waals surface area contributed by atoms with E-state index in [1.54, 1.807) is 11.3 Å². The Bertz CT molecular complexity index is 438. The van der Waals surface area contributed by atoms with Gasteiger partial charge in [-0.05, 0) is 18.9 Å². The lowest BCUT2D eigenvalue weighted by Crippen LogP contribution is -2.40. The predicted molar refractivity (Wildman–Crippen MR) is 76.3 cm³/mol. The van der Waals surface area contributed by atoms with Crippen LogP contribution in [0.2, 0.25) is 4.34 Å². The van der Waals surface area contributed by atoms with Gasteiger partial charge in [0, 0.05) is 18.0 Å². The second kappa shape index (κ2) is 5.08. The molecule has 2 N–H and O–H groups in total. The zero-order valence-electron chi connectivity index (χ0n) is 9.33. The maximum atomic E-state index is 5.98. The third-order valence-electron chi connectivity index (χ3n) is 3.09. The quantitative estimate of drug-likeness (QED) is 0.763. The summed E-state index contributed by atoms with van der Waals surface area (Å²) in [6.45, 7) is 0. The van der Waals surface area contributed by atoms with E-state index in [1.165, 1.54) is 44.1 Å². The van der Waals surface area contributed by atoms with Crippen LogP contribution in [0, 0.1) is 0 Å². The molecule has 0 atom stereocenters. The Balaban J connectivity index is 1.63. The maximum absolute atomic E-state index is 5.98. The molecule has 3 nitrogen and oxygen atoms in total. The zero-order valence-corrected chi connectivity index (χ0v) is 11.7. The molecule has 17 heavy (non-hydrogen) atoms. The maximum Gasteiger partial charge on any atom is 0.208 e. The monoisotopic (exact) mass is 287 g/mol. The molecule has 2 aliphatic rings. The van der Waals surface area contributed by atoms with E-state index in [0.717, 1.165) is 20.2 Å². The molecule has 1 aliphatic heterocycles. The third-order valence-corrected chi connectivity index (χ3v) is 5.28. The molecule has 2 heterocycles. The van der Waals surface area contributed by atoms with Crippen LogP contribution >= 0.6 is 34.9 Å². The molecule has 0 saturated heterocycles. The number of hydrogen-bond donors (Lipinski definition) is 2. The normalized spacial score (nSPS) is 20.4. The van der Waals surface area contributed by atoms with Gasteiger partial charge in [-0.25, -0.2) is 0 Å². The topological polar surface area (TPSA) is 36.4 Å². The molecule has 92 valence electrons. The first-order valence-corrected chi connectivity index (χ1v) is 7.86. The number of anilines is 1. The summed E-state index contributed by atoms with van der Waals surface area (Å²) in [6.07, 6.45) is 6.53. The van der Waals surface area contributed by atoms with E-state index in [9.17, 15) is 0 Å². The summed E-state index contributed by atoms with van der Waals surface area (Å²) < 4.78 is 6.39. The zero-order chi connectivity index (χ0) is 11.7. The summed E-state index contributed by atoms with van der Waals surface area (Å²) >= 11 is 9.06. The molecule has 0 aromatic carbocycles. The Hall–Kier alpha value is -0.390. The first-order valence-electron chi connectivity index (χ1n) is 5.89. The van der Waals surface area contributed by atoms with Crippen molar-refractivity contribution >= 4 is 46.5 Å². The van der Waals surface area contributed by atoms with Crippen LogP contribution in [0.4, 0.5) is 5.69 Å². The lowest BCUT2D eigenvalue weighted by atomic mass is 9.96. The van der Waals surface area contributed by atoms with Crippen LogP contribution in [-0.2, 0) is 0 Å². The van der Waals surface area contributed by atoms with Gasteiger partial charge in [-0.1, -0.05) is 30.9 Å². The molecule has 0 radical (unpaired) electrons. The van der Waals surface area contributed by atoms with Crippen molar-refractivity contribution < 1.29 is 0 Å². The molecule has 0 spiro atoms. The lowest BCUT2D eigenvalue weighted by Gasteiger charge is -2.25. The smallest absolute Gasteiger partial charge is 0.208 e. The van der Waals surface area contributed by atoms with Crippen molar-refractivity contribution in [3.63, 3.8) is 0 Å². The Morgan fingerprint density at radius 3 is 3.00 bits per heavy atom. The van der Waals surface area contributed by atoms with Crippen LogP contribution in [0.1, 0.15) is 32.1 Å². The van der Waals surface area contributed by atoms with Gasteiger partial charge in [0.1, 0.15) is 4.21 Å². The minimum Gasteiger partial charge on any atom is -0.353 e. The van der Waals surface area contributed by atoms with Crippen molar-refractivity contribution in [3.05, 3.63) is 10.4 Å². The van der Waals surface area contributed by atoms with E-state index >= 15 is 0 Å². The van der Waals surface area contributed by atoms with Gasteiger partial charge >= 0.3 is 0 Å². The number of guanidine groups is 1. The standard InChI is InChI=1S/C11H14ClN3S2/c12-9-6-8-10(16-9)17-15-11(14-8)13-7-4-2-1-3-5-7/h6-7H,1-5H2,(H2,13,14,15). The average molecular weight is 288 g/mol. The van der Waals surface area contributed by atoms with Crippen molar-refractivity contribution in [3.8, 4) is 0 Å². The first kappa shape index (κ1) is 11.7. The van der Waals surface area contributed by atoms with E-state index in [0.29, 0.717) is 6.04 Å². The van der Waals surface area contributed by atoms with Gasteiger partial charge in [0.2, 0.25) is 5.96 Å². The molecule has 6 heteroatoms. The van der Waals surface area contributed by atoms with Crippen molar-refractivity contribution in [2.75, 3.05) is 5.32 Å². The van der Waals surface area contributed by atoms with Crippen molar-refractivity contribution in [2.45, 2.75) is 42.4 Å². The van der Waals surface area contributed by atoms with Crippen LogP contribution in [0.25, 0.3) is 0 Å². The summed E-state index contributed by atoms with van der Waals surface area (Å²) in [7, 11) is 0. The molecule has 0 bridgehead atoms. The summed E-state index contributed by atoms with van der Waals surface area (Å²) in [5.41, 5.74) is 1.08. The van der Waals surface area contributed by atoms with Crippen LogP contribution in [0.15, 0.2) is 14.7 Å². The van der Waals surface area contributed by atoms with Gasteiger partial charge in [-0.3, -0.25) is 0 Å². The number of nitrogens with one attached hydrogen (secondary N) is 2. The predicted octanol–water partition coefficient (Wildman–Crippen LogP) is 4.11. The molecule has 1 aromatic heterocycles. The summed E-state index contributed by atoms with van der Waals surface area (Å²) in [5, 5.41) is 6.80. The summed E-state index contributed by atoms with van der Waals surface area (Å²) in [6, 6.07) is 2.54. The second-order valence-electron chi connectivity index (χ2n) is 4.39. The largest absolute Gasteiger partial charge is 0.353 e. The highest BCUT2D eigenvalue weighted by Crippen LogP contribution is 2.41. The van der Waals surface area contributed by atoms with Crippen LogP contribution in [0.5, 0.6) is 0 Å². The van der Waals surface area contributed by atoms with E-state index < -0.39 is 0 Å². The third kappa shape index (κ3) is 2.72. The number of fused-ring (bicyclic) bond motifs is 1. The van der Waals surface area contributed by atoms with Gasteiger partial charge in [0.15, 0.2) is 0 Å². The molecule has 1 fully saturated rings. The Kier molecular flexibility index (Phi) is 3.49. The molecule has 0 unspecified atom stereocenters. The number of hydrogen-bond acceptors (Lipinski definition) is 5. The van der Waals surface area contributed by atoms with Crippen LogP contribution < -0.4 is 10.6 Å². The Morgan fingerprint density at radius 1 is 1.35 bits per heavy atom. The number of halogens is 1. The Labute approximate surface area is 114 Å². The van der Waals surface area contributed by atoms with Crippen molar-refractivity contribution in [1.29, 1.82) is 0 Å². The van der Waals surface area contributed by atoms with Gasteiger partial charge in [0.25, 0.3) is 0 Å². The fourth-order valence-corrected chi connectivity index (χ4v) is 4.30. The van der Waals surface area contributed by atoms with E-state index in [-0.39, 0.29) is 0 Å². The molecular formula is C11H14ClN3S2. The number of thiophene rings is 1. The molecule has 3 rings (SSSR count). The van der Waals surface area contributed by atoms with Gasteiger partial charge < -0.3 is 10.6 Å². The van der Waals surface area contributed by atoms with Gasteiger partial charge in [-0.15, -0.1) is 11.3 Å². The summed E-state index contributed by atoms with van der Waals surface area (Å²) in [5.74, 6) is 0.879. The highest BCUT2D eigenvalue weighted by Gasteiger charge is 2.19. The minimum absolute atomic E-state index is 0.575. The van der Waals surface area contributed by atoms with Crippen LogP contribution in [-0.4, -0.2) is 12.0 Å². The Morgan fingerprint density at radius 2 is 2.18 bits per heavy atom. The van der Waals surface area contributed by atoms with E-state index in [1.807, 2.05) is 6.07 Å². The number of nitrogens with zero attached hydrogens (tertiary/aromatic N) is 1. The molecule has 1 aliphatic carbocycles. The molecule has 1 aromatic rings. The SMILES string of the molecule is Clc1cc2c(s1)SN=C(NC1CCCCC1)N2. The summed E-state index contributed by atoms with van der Waals surface area (Å²) in [4.78, 5) is 0. The molecule has 1 saturated carbocycles. The number of rotatable bonds is 1. The molecule has 0 amide bonds. The van der Waals surface area contributed by atoms with E-state index in [2.05, 4.69) is 15.0 Å². The average Bonchev–Trinajstić information content (AvgIpc) is 2.70. The minimum atomic E-state index is 0.575. The van der Waals surface area contributed by atoms with Crippen LogP contribution in [0.3, 0.4) is 0 Å². The fourth-order valence-electron chi connectivity index (χ4n) is 2.24. The highest BCUT2D eigenvalue weighted by atomic mass is 35.5. The van der Waals surface area contributed by atoms with Crippen molar-refractivity contribution in [1.82, 2.24) is 5.32 Å². The second-order valence-corrected chi connectivity index (χ2v) is 7.10. The van der Waals surface area contributed by atoms with Gasteiger partial charge in [-0.2, -0.15) is 4.40 Å². The first-order chi connectivity index (χ1) is 8.31. The fraction of sp³-hybridized carbons (Fsp3) is 0.545. The van der Waals surface area contributed by atoms with Crippen molar-refractivity contribution in [2.24, 2.45) is 4.40 Å².